The van der Waals surface area contributed by atoms with Crippen molar-refractivity contribution in [2.24, 2.45) is 0 Å². The number of ether oxygens (including phenoxy) is 1. The van der Waals surface area contributed by atoms with E-state index in [0.29, 0.717) is 24.4 Å². The molecule has 2 aromatic rings. The van der Waals surface area contributed by atoms with Crippen LogP contribution in [0.25, 0.3) is 5.69 Å². The van der Waals surface area contributed by atoms with Crippen molar-refractivity contribution in [1.29, 1.82) is 0 Å². The van der Waals surface area contributed by atoms with E-state index in [4.69, 9.17) is 4.74 Å². The fourth-order valence-corrected chi connectivity index (χ4v) is 4.26. The molecule has 1 unspecified atom stereocenters. The van der Waals surface area contributed by atoms with Gasteiger partial charge < -0.3 is 29.9 Å². The van der Waals surface area contributed by atoms with Gasteiger partial charge in [-0.3, -0.25) is 13.9 Å². The Morgan fingerprint density at radius 1 is 1.24 bits per heavy atom. The molecule has 1 atom stereocenters. The van der Waals surface area contributed by atoms with Crippen molar-refractivity contribution < 1.29 is 39.1 Å². The summed E-state index contributed by atoms with van der Waals surface area (Å²) in [6.07, 6.45) is 17.8. The normalized spacial score (nSPS) is 17.3. The van der Waals surface area contributed by atoms with E-state index < -0.39 is 0 Å². The van der Waals surface area contributed by atoms with Gasteiger partial charge in [-0.1, -0.05) is 12.8 Å². The van der Waals surface area contributed by atoms with E-state index in [1.807, 2.05) is 29.1 Å². The second-order valence-electron chi connectivity index (χ2n) is 8.91. The maximum atomic E-state index is 12.7. The molecule has 2 aromatic heterocycles. The second kappa shape index (κ2) is 14.1. The summed E-state index contributed by atoms with van der Waals surface area (Å²) >= 11 is 0. The van der Waals surface area contributed by atoms with E-state index in [2.05, 4.69) is 25.3 Å². The largest absolute Gasteiger partial charge is 1.00 e. The number of carbonyl (C=O) groups is 1. The molecule has 0 aromatic carbocycles. The number of pyridine rings is 1. The quantitative estimate of drug-likeness (QED) is 0.469. The van der Waals surface area contributed by atoms with Gasteiger partial charge in [-0.2, -0.15) is 19.3 Å². The number of rotatable bonds is 6. The zero-order valence-electron chi connectivity index (χ0n) is 21.0. The van der Waals surface area contributed by atoms with Crippen molar-refractivity contribution in [2.45, 2.75) is 82.9 Å². The maximum absolute atomic E-state index is 12.7. The van der Waals surface area contributed by atoms with Crippen LogP contribution in [-0.2, 0) is 4.79 Å². The Balaban J connectivity index is 0.000000352. The van der Waals surface area contributed by atoms with E-state index in [-0.39, 0.29) is 47.2 Å². The SMILES string of the molecule is O=c1n(-c2ccc(OC3CCCC3)nc2)ccn1C1CC[CH-]CC1.[CH2-]CC([CH2-])N(C)C(C)=O.[Na+]. The molecule has 182 valence electrons. The van der Waals surface area contributed by atoms with Gasteiger partial charge in [0, 0.05) is 38.5 Å². The number of hydrogen-bond acceptors (Lipinski definition) is 4. The fraction of sp³-hybridized carbons (Fsp3) is 0.538. The van der Waals surface area contributed by atoms with Crippen LogP contribution in [0, 0.1) is 20.3 Å². The molecule has 0 aliphatic heterocycles. The van der Waals surface area contributed by atoms with Crippen LogP contribution in [0.5, 0.6) is 5.88 Å². The van der Waals surface area contributed by atoms with E-state index in [1.54, 1.807) is 22.7 Å². The van der Waals surface area contributed by atoms with Crippen molar-refractivity contribution >= 4 is 5.91 Å². The Morgan fingerprint density at radius 2 is 1.91 bits per heavy atom. The van der Waals surface area contributed by atoms with Crippen molar-refractivity contribution in [1.82, 2.24) is 19.0 Å². The van der Waals surface area contributed by atoms with E-state index >= 15 is 0 Å². The molecule has 1 amide bonds. The molecule has 8 heteroatoms. The van der Waals surface area contributed by atoms with Crippen molar-refractivity contribution in [3.05, 3.63) is 61.5 Å². The number of hydrogen-bond donors (Lipinski definition) is 0. The molecule has 0 N–H and O–H groups in total. The van der Waals surface area contributed by atoms with Crippen molar-refractivity contribution in [3.63, 3.8) is 0 Å². The van der Waals surface area contributed by atoms with Crippen LogP contribution in [0.4, 0.5) is 0 Å². The van der Waals surface area contributed by atoms with Crippen LogP contribution in [-0.4, -0.2) is 44.1 Å². The van der Waals surface area contributed by atoms with E-state index in [9.17, 15) is 9.59 Å². The number of carbonyl (C=O) groups excluding carboxylic acids is 1. The molecule has 0 saturated heterocycles. The first-order valence-corrected chi connectivity index (χ1v) is 12.0. The molecule has 0 radical (unpaired) electrons. The molecule has 4 rings (SSSR count). The van der Waals surface area contributed by atoms with Gasteiger partial charge in [0.2, 0.25) is 11.8 Å². The molecular weight excluding hydrogens is 439 g/mol. The molecule has 2 aliphatic carbocycles. The number of amides is 1. The van der Waals surface area contributed by atoms with E-state index in [0.717, 1.165) is 44.2 Å². The number of nitrogens with zero attached hydrogens (tertiary/aromatic N) is 4. The summed E-state index contributed by atoms with van der Waals surface area (Å²) in [5, 5.41) is 0. The Labute approximate surface area is 226 Å². The first-order chi connectivity index (χ1) is 15.9. The summed E-state index contributed by atoms with van der Waals surface area (Å²) in [5.74, 6) is 0.694. The molecule has 2 fully saturated rings. The minimum atomic E-state index is 0. The molecule has 0 bridgehead atoms. The Bertz CT molecular complexity index is 928. The van der Waals surface area contributed by atoms with Crippen LogP contribution in [0.1, 0.15) is 70.8 Å². The second-order valence-corrected chi connectivity index (χ2v) is 8.91. The smallest absolute Gasteiger partial charge is 0.474 e. The monoisotopic (exact) mass is 476 g/mol. The third-order valence-electron chi connectivity index (χ3n) is 6.57. The summed E-state index contributed by atoms with van der Waals surface area (Å²) in [7, 11) is 1.73. The molecule has 0 spiro atoms. The Hall–Kier alpha value is -1.57. The molecule has 34 heavy (non-hydrogen) atoms. The van der Waals surface area contributed by atoms with Gasteiger partial charge in [-0.15, -0.1) is 6.04 Å². The summed E-state index contributed by atoms with van der Waals surface area (Å²) in [6.45, 7) is 8.87. The van der Waals surface area contributed by atoms with Crippen LogP contribution < -0.4 is 40.0 Å². The van der Waals surface area contributed by atoms with Crippen molar-refractivity contribution in [2.75, 3.05) is 7.05 Å². The first kappa shape index (κ1) is 28.7. The topological polar surface area (TPSA) is 69.4 Å². The third-order valence-corrected chi connectivity index (χ3v) is 6.57. The average molecular weight is 477 g/mol. The minimum absolute atomic E-state index is 0. The summed E-state index contributed by atoms with van der Waals surface area (Å²) in [6, 6.07) is 4.12. The van der Waals surface area contributed by atoms with Gasteiger partial charge in [-0.25, -0.2) is 9.78 Å². The first-order valence-electron chi connectivity index (χ1n) is 12.0. The summed E-state index contributed by atoms with van der Waals surface area (Å²) in [5.41, 5.74) is 0.813. The van der Waals surface area contributed by atoms with Crippen molar-refractivity contribution in [3.8, 4) is 11.6 Å². The predicted molar refractivity (Wildman–Crippen MR) is 130 cm³/mol. The zero-order valence-corrected chi connectivity index (χ0v) is 23.0. The van der Waals surface area contributed by atoms with Crippen LogP contribution >= 0.6 is 0 Å². The predicted octanol–water partition coefficient (Wildman–Crippen LogP) is 1.57. The van der Waals surface area contributed by atoms with Gasteiger partial charge in [0.15, 0.2) is 0 Å². The zero-order chi connectivity index (χ0) is 23.8. The van der Waals surface area contributed by atoms with Crippen LogP contribution in [0.15, 0.2) is 35.5 Å². The molecule has 2 aliphatic rings. The average Bonchev–Trinajstić information content (AvgIpc) is 3.49. The molecular formula is C26H37N4NaO3-2. The molecule has 2 heterocycles. The van der Waals surface area contributed by atoms with Gasteiger partial charge in [-0.05, 0) is 31.7 Å². The summed E-state index contributed by atoms with van der Waals surface area (Å²) < 4.78 is 9.43. The third kappa shape index (κ3) is 7.72. The van der Waals surface area contributed by atoms with Crippen LogP contribution in [0.2, 0.25) is 0 Å². The van der Waals surface area contributed by atoms with Crippen LogP contribution in [0.3, 0.4) is 0 Å². The Kier molecular flexibility index (Phi) is 11.9. The maximum Gasteiger partial charge on any atom is 1.00 e. The summed E-state index contributed by atoms with van der Waals surface area (Å²) in [4.78, 5) is 29.3. The standard InChI is InChI=1S/C19H24N3O2.C7H13NO.Na/c23-19-21(15-6-2-1-3-7-15)12-13-22(19)16-10-11-18(20-14-16)24-17-8-4-5-9-17;1-5-6(2)8(4)7(3)9;/h1,10-15,17H,2-9H2;6H,1-2,5H2,3-4H3;/q-1;-2;+1. The van der Waals surface area contributed by atoms with Gasteiger partial charge in [0.1, 0.15) is 6.10 Å². The minimum Gasteiger partial charge on any atom is -0.474 e. The van der Waals surface area contributed by atoms with Gasteiger partial charge >= 0.3 is 35.2 Å². The number of imidazole rings is 1. The molecule has 7 nitrogen and oxygen atoms in total. The fourth-order valence-electron chi connectivity index (χ4n) is 4.26. The number of aromatic nitrogens is 3. The van der Waals surface area contributed by atoms with E-state index in [1.165, 1.54) is 19.8 Å². The van der Waals surface area contributed by atoms with Gasteiger partial charge in [0.25, 0.3) is 0 Å². The molecule has 2 saturated carbocycles. The Morgan fingerprint density at radius 3 is 2.44 bits per heavy atom. The van der Waals surface area contributed by atoms with Gasteiger partial charge in [0.05, 0.1) is 11.9 Å².